The highest BCUT2D eigenvalue weighted by atomic mass is 16.3. The van der Waals surface area contributed by atoms with Crippen LogP contribution in [-0.2, 0) is 0 Å². The molecule has 0 saturated carbocycles. The molecule has 0 aromatic heterocycles. The molecule has 0 aliphatic carbocycles. The molecule has 9 heavy (non-hydrogen) atoms. The lowest BCUT2D eigenvalue weighted by atomic mass is 10.2. The van der Waals surface area contributed by atoms with E-state index in [0.29, 0.717) is 6.04 Å². The van der Waals surface area contributed by atoms with Crippen LogP contribution in [0.4, 0.5) is 0 Å². The van der Waals surface area contributed by atoms with Crippen LogP contribution in [0.5, 0.6) is 0 Å². The van der Waals surface area contributed by atoms with Crippen LogP contribution >= 0.6 is 0 Å². The molecule has 2 N–H and O–H groups in total. The fraction of sp³-hybridized carbons (Fsp3) is 0.714. The minimum Gasteiger partial charge on any atom is -0.396 e. The summed E-state index contributed by atoms with van der Waals surface area (Å²) in [6.45, 7) is 6.69. The Labute approximate surface area is 56.6 Å². The zero-order valence-electron chi connectivity index (χ0n) is 5.93. The van der Waals surface area contributed by atoms with Crippen molar-refractivity contribution in [2.45, 2.75) is 19.4 Å². The van der Waals surface area contributed by atoms with E-state index in [1.54, 1.807) is 0 Å². The van der Waals surface area contributed by atoms with Gasteiger partial charge in [0.05, 0.1) is 0 Å². The molecule has 0 aliphatic heterocycles. The van der Waals surface area contributed by atoms with E-state index in [2.05, 4.69) is 11.9 Å². The van der Waals surface area contributed by atoms with E-state index in [-0.39, 0.29) is 6.61 Å². The maximum Gasteiger partial charge on any atom is 0.0445 e. The lowest BCUT2D eigenvalue weighted by Crippen LogP contribution is -2.26. The highest BCUT2D eigenvalue weighted by molar-refractivity contribution is 4.72. The van der Waals surface area contributed by atoms with Crippen molar-refractivity contribution >= 4 is 0 Å². The summed E-state index contributed by atoms with van der Waals surface area (Å²) in [6.07, 6.45) is 2.63. The van der Waals surface area contributed by atoms with Crippen LogP contribution in [0.25, 0.3) is 0 Å². The fourth-order valence-corrected chi connectivity index (χ4v) is 0.580. The molecule has 0 aromatic carbocycles. The molecule has 1 unspecified atom stereocenters. The molecule has 0 aliphatic rings. The molecular weight excluding hydrogens is 114 g/mol. The van der Waals surface area contributed by atoms with Gasteiger partial charge >= 0.3 is 0 Å². The van der Waals surface area contributed by atoms with E-state index in [1.807, 2.05) is 13.0 Å². The van der Waals surface area contributed by atoms with E-state index in [1.165, 1.54) is 0 Å². The number of aliphatic hydroxyl groups is 1. The zero-order valence-corrected chi connectivity index (χ0v) is 5.93. The second kappa shape index (κ2) is 5.79. The summed E-state index contributed by atoms with van der Waals surface area (Å²) in [7, 11) is 0. The molecule has 0 saturated heterocycles. The Morgan fingerprint density at radius 1 is 1.78 bits per heavy atom. The second-order valence-electron chi connectivity index (χ2n) is 2.11. The first-order chi connectivity index (χ1) is 4.31. The SMILES string of the molecule is C=CCNC(C)CCO. The third-order valence-electron chi connectivity index (χ3n) is 1.17. The van der Waals surface area contributed by atoms with Gasteiger partial charge in [0.25, 0.3) is 0 Å². The molecule has 0 spiro atoms. The topological polar surface area (TPSA) is 32.3 Å². The summed E-state index contributed by atoms with van der Waals surface area (Å²) < 4.78 is 0. The van der Waals surface area contributed by atoms with E-state index < -0.39 is 0 Å². The van der Waals surface area contributed by atoms with Crippen molar-refractivity contribution in [1.82, 2.24) is 5.32 Å². The minimum absolute atomic E-state index is 0.255. The Balaban J connectivity index is 3.04. The molecule has 0 aromatic rings. The number of nitrogens with one attached hydrogen (secondary N) is 1. The lowest BCUT2D eigenvalue weighted by Gasteiger charge is -2.08. The molecule has 0 rings (SSSR count). The summed E-state index contributed by atoms with van der Waals surface area (Å²) in [6, 6.07) is 0.396. The fourth-order valence-electron chi connectivity index (χ4n) is 0.580. The van der Waals surface area contributed by atoms with E-state index in [9.17, 15) is 0 Å². The van der Waals surface area contributed by atoms with Crippen molar-refractivity contribution in [1.29, 1.82) is 0 Å². The molecule has 1 atom stereocenters. The van der Waals surface area contributed by atoms with Gasteiger partial charge in [0.15, 0.2) is 0 Å². The van der Waals surface area contributed by atoms with E-state index in [0.717, 1.165) is 13.0 Å². The van der Waals surface area contributed by atoms with Crippen LogP contribution in [0.2, 0.25) is 0 Å². The van der Waals surface area contributed by atoms with Gasteiger partial charge in [-0.05, 0) is 13.3 Å². The Bertz CT molecular complexity index is 73.3. The molecule has 54 valence electrons. The van der Waals surface area contributed by atoms with Gasteiger partial charge in [-0.25, -0.2) is 0 Å². The standard InChI is InChI=1S/C7H15NO/c1-3-5-8-7(2)4-6-9/h3,7-9H,1,4-6H2,2H3. The van der Waals surface area contributed by atoms with Crippen LogP contribution in [0.1, 0.15) is 13.3 Å². The van der Waals surface area contributed by atoms with Gasteiger partial charge in [-0.1, -0.05) is 6.08 Å². The summed E-state index contributed by atoms with van der Waals surface area (Å²) in [4.78, 5) is 0. The number of hydrogen-bond acceptors (Lipinski definition) is 2. The quantitative estimate of drug-likeness (QED) is 0.531. The van der Waals surface area contributed by atoms with Crippen molar-refractivity contribution in [3.05, 3.63) is 12.7 Å². The first-order valence-corrected chi connectivity index (χ1v) is 3.26. The van der Waals surface area contributed by atoms with Gasteiger partial charge in [-0.2, -0.15) is 0 Å². The Morgan fingerprint density at radius 2 is 2.44 bits per heavy atom. The van der Waals surface area contributed by atoms with Crippen LogP contribution in [0.3, 0.4) is 0 Å². The van der Waals surface area contributed by atoms with E-state index >= 15 is 0 Å². The molecule has 0 amide bonds. The zero-order chi connectivity index (χ0) is 7.11. The Hall–Kier alpha value is -0.340. The maximum atomic E-state index is 8.47. The number of aliphatic hydroxyl groups excluding tert-OH is 1. The summed E-state index contributed by atoms with van der Waals surface area (Å²) in [5, 5.41) is 11.6. The summed E-state index contributed by atoms with van der Waals surface area (Å²) >= 11 is 0. The van der Waals surface area contributed by atoms with Crippen LogP contribution < -0.4 is 5.32 Å². The van der Waals surface area contributed by atoms with Gasteiger partial charge < -0.3 is 10.4 Å². The Kier molecular flexibility index (Phi) is 5.57. The first kappa shape index (κ1) is 8.66. The van der Waals surface area contributed by atoms with Crippen LogP contribution in [0.15, 0.2) is 12.7 Å². The average molecular weight is 129 g/mol. The molecule has 0 bridgehead atoms. The van der Waals surface area contributed by atoms with Gasteiger partial charge in [-0.3, -0.25) is 0 Å². The number of hydrogen-bond donors (Lipinski definition) is 2. The largest absolute Gasteiger partial charge is 0.396 e. The van der Waals surface area contributed by atoms with Crippen molar-refractivity contribution < 1.29 is 5.11 Å². The molecule has 0 fully saturated rings. The van der Waals surface area contributed by atoms with Crippen molar-refractivity contribution in [2.75, 3.05) is 13.2 Å². The third kappa shape index (κ3) is 5.53. The van der Waals surface area contributed by atoms with Crippen molar-refractivity contribution in [3.63, 3.8) is 0 Å². The minimum atomic E-state index is 0.255. The normalized spacial score (nSPS) is 13.1. The molecule has 0 radical (unpaired) electrons. The summed E-state index contributed by atoms with van der Waals surface area (Å²) in [5.41, 5.74) is 0. The van der Waals surface area contributed by atoms with E-state index in [4.69, 9.17) is 5.11 Å². The highest BCUT2D eigenvalue weighted by Crippen LogP contribution is 1.86. The smallest absolute Gasteiger partial charge is 0.0445 e. The van der Waals surface area contributed by atoms with Gasteiger partial charge in [0.2, 0.25) is 0 Å². The first-order valence-electron chi connectivity index (χ1n) is 3.26. The molecular formula is C7H15NO. The third-order valence-corrected chi connectivity index (χ3v) is 1.17. The monoisotopic (exact) mass is 129 g/mol. The number of rotatable bonds is 5. The van der Waals surface area contributed by atoms with Gasteiger partial charge in [-0.15, -0.1) is 6.58 Å². The average Bonchev–Trinajstić information content (AvgIpc) is 1.85. The molecule has 2 heteroatoms. The lowest BCUT2D eigenvalue weighted by molar-refractivity contribution is 0.270. The van der Waals surface area contributed by atoms with Crippen LogP contribution in [-0.4, -0.2) is 24.3 Å². The van der Waals surface area contributed by atoms with Gasteiger partial charge in [0, 0.05) is 19.2 Å². The van der Waals surface area contributed by atoms with Gasteiger partial charge in [0.1, 0.15) is 0 Å². The Morgan fingerprint density at radius 3 is 2.89 bits per heavy atom. The van der Waals surface area contributed by atoms with Crippen LogP contribution in [0, 0.1) is 0 Å². The van der Waals surface area contributed by atoms with Crippen molar-refractivity contribution in [2.24, 2.45) is 0 Å². The predicted octanol–water partition coefficient (Wildman–Crippen LogP) is 0.533. The second-order valence-corrected chi connectivity index (χ2v) is 2.11. The molecule has 0 heterocycles. The van der Waals surface area contributed by atoms with Crippen molar-refractivity contribution in [3.8, 4) is 0 Å². The highest BCUT2D eigenvalue weighted by Gasteiger charge is 1.95. The maximum absolute atomic E-state index is 8.47. The predicted molar refractivity (Wildman–Crippen MR) is 39.4 cm³/mol. The summed E-state index contributed by atoms with van der Waals surface area (Å²) in [5.74, 6) is 0. The molecule has 2 nitrogen and oxygen atoms in total.